The molecule has 0 radical (unpaired) electrons. The molecule has 0 spiro atoms. The molecule has 0 aliphatic rings. The number of benzene rings is 1. The normalized spacial score (nSPS) is 12.0. The van der Waals surface area contributed by atoms with E-state index in [1.54, 1.807) is 13.3 Å². The molecule has 7 heteroatoms. The van der Waals surface area contributed by atoms with Crippen LogP contribution in [0.15, 0.2) is 42.6 Å². The summed E-state index contributed by atoms with van der Waals surface area (Å²) in [6.07, 6.45) is 1.70. The van der Waals surface area contributed by atoms with Gasteiger partial charge in [0.2, 0.25) is 0 Å². The minimum absolute atomic E-state index is 0.459. The lowest BCUT2D eigenvalue weighted by Gasteiger charge is -2.13. The Hall–Kier alpha value is -2.93. The second kappa shape index (κ2) is 7.10. The van der Waals surface area contributed by atoms with Crippen molar-refractivity contribution in [1.82, 2.24) is 20.2 Å². The minimum Gasteiger partial charge on any atom is -0.493 e. The van der Waals surface area contributed by atoms with Crippen molar-refractivity contribution in [2.75, 3.05) is 13.7 Å². The lowest BCUT2D eigenvalue weighted by atomic mass is 10.1. The predicted molar refractivity (Wildman–Crippen MR) is 89.8 cm³/mol. The SMILES string of the molecule is CCOc1ccc([C@@H](N)c2nc(-c3ccccn3)n[nH]2)cc1OC. The first kappa shape index (κ1) is 15.9. The van der Waals surface area contributed by atoms with Crippen molar-refractivity contribution in [2.45, 2.75) is 13.0 Å². The number of nitrogens with two attached hydrogens (primary N) is 1. The number of hydrogen-bond donors (Lipinski definition) is 2. The summed E-state index contributed by atoms with van der Waals surface area (Å²) in [5, 5.41) is 7.07. The average molecular weight is 325 g/mol. The summed E-state index contributed by atoms with van der Waals surface area (Å²) in [7, 11) is 1.60. The third-order valence-corrected chi connectivity index (χ3v) is 3.54. The van der Waals surface area contributed by atoms with Crippen LogP contribution in [-0.2, 0) is 0 Å². The van der Waals surface area contributed by atoms with Crippen LogP contribution in [0.5, 0.6) is 11.5 Å². The quantitative estimate of drug-likeness (QED) is 0.721. The lowest BCUT2D eigenvalue weighted by molar-refractivity contribution is 0.310. The first-order chi connectivity index (χ1) is 11.7. The molecule has 1 atom stereocenters. The molecule has 0 saturated carbocycles. The first-order valence-corrected chi connectivity index (χ1v) is 7.63. The molecular formula is C17H19N5O2. The largest absolute Gasteiger partial charge is 0.493 e. The van der Waals surface area contributed by atoms with Crippen molar-refractivity contribution in [3.05, 3.63) is 54.0 Å². The highest BCUT2D eigenvalue weighted by molar-refractivity contribution is 5.49. The summed E-state index contributed by atoms with van der Waals surface area (Å²) < 4.78 is 10.9. The summed E-state index contributed by atoms with van der Waals surface area (Å²) in [4.78, 5) is 8.68. The molecular weight excluding hydrogens is 306 g/mol. The van der Waals surface area contributed by atoms with Crippen molar-refractivity contribution in [1.29, 1.82) is 0 Å². The van der Waals surface area contributed by atoms with E-state index in [0.29, 0.717) is 35.4 Å². The van der Waals surface area contributed by atoms with E-state index in [2.05, 4.69) is 20.2 Å². The number of aromatic nitrogens is 4. The molecule has 124 valence electrons. The average Bonchev–Trinajstić information content (AvgIpc) is 3.12. The molecule has 0 aliphatic heterocycles. The minimum atomic E-state index is -0.459. The fourth-order valence-corrected chi connectivity index (χ4v) is 2.33. The Morgan fingerprint density at radius 2 is 2.08 bits per heavy atom. The van der Waals surface area contributed by atoms with Gasteiger partial charge in [-0.1, -0.05) is 12.1 Å². The predicted octanol–water partition coefficient (Wildman–Crippen LogP) is 2.32. The zero-order valence-corrected chi connectivity index (χ0v) is 13.6. The molecule has 3 N–H and O–H groups in total. The standard InChI is InChI=1S/C17H19N5O2/c1-3-24-13-8-7-11(10-14(13)23-2)15(18)17-20-16(21-22-17)12-6-4-5-9-19-12/h4-10,15H,3,18H2,1-2H3,(H,20,21,22)/t15-/m1/s1. The van der Waals surface area contributed by atoms with Crippen LogP contribution in [0, 0.1) is 0 Å². The van der Waals surface area contributed by atoms with Crippen LogP contribution in [0.1, 0.15) is 24.4 Å². The third kappa shape index (κ3) is 3.21. The second-order valence-electron chi connectivity index (χ2n) is 5.08. The van der Waals surface area contributed by atoms with Crippen LogP contribution in [0.4, 0.5) is 0 Å². The van der Waals surface area contributed by atoms with Crippen LogP contribution >= 0.6 is 0 Å². The Balaban J connectivity index is 1.87. The van der Waals surface area contributed by atoms with Gasteiger partial charge in [0.05, 0.1) is 19.8 Å². The molecule has 0 bridgehead atoms. The zero-order valence-electron chi connectivity index (χ0n) is 13.6. The van der Waals surface area contributed by atoms with Crippen molar-refractivity contribution < 1.29 is 9.47 Å². The van der Waals surface area contributed by atoms with Crippen LogP contribution in [0.25, 0.3) is 11.5 Å². The summed E-state index contributed by atoms with van der Waals surface area (Å²) in [5.74, 6) is 2.39. The van der Waals surface area contributed by atoms with Gasteiger partial charge in [0.1, 0.15) is 11.5 Å². The van der Waals surface area contributed by atoms with Crippen molar-refractivity contribution in [2.24, 2.45) is 5.73 Å². The Labute approximate surface area is 139 Å². The molecule has 3 aromatic rings. The maximum Gasteiger partial charge on any atom is 0.199 e. The van der Waals surface area contributed by atoms with E-state index in [4.69, 9.17) is 15.2 Å². The molecule has 7 nitrogen and oxygen atoms in total. The molecule has 24 heavy (non-hydrogen) atoms. The fraction of sp³-hybridized carbons (Fsp3) is 0.235. The van der Waals surface area contributed by atoms with E-state index in [1.165, 1.54) is 0 Å². The fourth-order valence-electron chi connectivity index (χ4n) is 2.33. The Kier molecular flexibility index (Phi) is 4.72. The highest BCUT2D eigenvalue weighted by atomic mass is 16.5. The zero-order chi connectivity index (χ0) is 16.9. The number of ether oxygens (including phenoxy) is 2. The van der Waals surface area contributed by atoms with Crippen LogP contribution in [0.3, 0.4) is 0 Å². The van der Waals surface area contributed by atoms with Crippen LogP contribution in [-0.4, -0.2) is 33.9 Å². The number of aromatic amines is 1. The van der Waals surface area contributed by atoms with E-state index < -0.39 is 6.04 Å². The molecule has 2 aromatic heterocycles. The summed E-state index contributed by atoms with van der Waals surface area (Å²) >= 11 is 0. The van der Waals surface area contributed by atoms with Gasteiger partial charge in [0.25, 0.3) is 0 Å². The van der Waals surface area contributed by atoms with Gasteiger partial charge in [-0.2, -0.15) is 5.10 Å². The number of rotatable bonds is 6. The molecule has 0 aliphatic carbocycles. The summed E-state index contributed by atoms with van der Waals surface area (Å²) in [6.45, 7) is 2.49. The molecule has 1 aromatic carbocycles. The number of nitrogens with one attached hydrogen (secondary N) is 1. The van der Waals surface area contributed by atoms with Gasteiger partial charge in [-0.05, 0) is 36.8 Å². The molecule has 0 unspecified atom stereocenters. The number of nitrogens with zero attached hydrogens (tertiary/aromatic N) is 3. The smallest absolute Gasteiger partial charge is 0.199 e. The monoisotopic (exact) mass is 325 g/mol. The van der Waals surface area contributed by atoms with E-state index >= 15 is 0 Å². The molecule has 0 fully saturated rings. The number of H-pyrrole nitrogens is 1. The van der Waals surface area contributed by atoms with Crippen molar-refractivity contribution >= 4 is 0 Å². The van der Waals surface area contributed by atoms with Crippen LogP contribution < -0.4 is 15.2 Å². The van der Waals surface area contributed by atoms with E-state index in [1.807, 2.05) is 43.3 Å². The maximum absolute atomic E-state index is 6.30. The molecule has 0 saturated heterocycles. The summed E-state index contributed by atoms with van der Waals surface area (Å²) in [5.41, 5.74) is 7.84. The third-order valence-electron chi connectivity index (χ3n) is 3.54. The van der Waals surface area contributed by atoms with Gasteiger partial charge in [0, 0.05) is 6.20 Å². The lowest BCUT2D eigenvalue weighted by Crippen LogP contribution is -2.14. The van der Waals surface area contributed by atoms with Gasteiger partial charge in [0.15, 0.2) is 17.3 Å². The maximum atomic E-state index is 6.30. The number of methoxy groups -OCH3 is 1. The van der Waals surface area contributed by atoms with Gasteiger partial charge in [-0.3, -0.25) is 10.1 Å². The molecule has 3 rings (SSSR count). The van der Waals surface area contributed by atoms with Gasteiger partial charge in [-0.15, -0.1) is 0 Å². The van der Waals surface area contributed by atoms with Gasteiger partial charge < -0.3 is 15.2 Å². The van der Waals surface area contributed by atoms with Gasteiger partial charge in [-0.25, -0.2) is 4.98 Å². The van der Waals surface area contributed by atoms with E-state index in [-0.39, 0.29) is 0 Å². The topological polar surface area (TPSA) is 98.9 Å². The number of pyridine rings is 1. The molecule has 0 amide bonds. The first-order valence-electron chi connectivity index (χ1n) is 7.63. The number of hydrogen-bond acceptors (Lipinski definition) is 6. The van der Waals surface area contributed by atoms with Crippen molar-refractivity contribution in [3.8, 4) is 23.0 Å². The van der Waals surface area contributed by atoms with Crippen molar-refractivity contribution in [3.63, 3.8) is 0 Å². The molecule has 2 heterocycles. The van der Waals surface area contributed by atoms with E-state index in [9.17, 15) is 0 Å². The van der Waals surface area contributed by atoms with Gasteiger partial charge >= 0.3 is 0 Å². The summed E-state index contributed by atoms with van der Waals surface area (Å²) in [6, 6.07) is 10.7. The highest BCUT2D eigenvalue weighted by Crippen LogP contribution is 2.31. The Morgan fingerprint density at radius 1 is 1.21 bits per heavy atom. The van der Waals surface area contributed by atoms with E-state index in [0.717, 1.165) is 5.56 Å². The Bertz CT molecular complexity index is 804. The Morgan fingerprint density at radius 3 is 2.79 bits per heavy atom. The highest BCUT2D eigenvalue weighted by Gasteiger charge is 2.17. The van der Waals surface area contributed by atoms with Crippen LogP contribution in [0.2, 0.25) is 0 Å². The second-order valence-corrected chi connectivity index (χ2v) is 5.08.